The van der Waals surface area contributed by atoms with E-state index in [2.05, 4.69) is 6.92 Å². The Morgan fingerprint density at radius 1 is 1.00 bits per heavy atom. The Balaban J connectivity index is 2.34. The van der Waals surface area contributed by atoms with Gasteiger partial charge < -0.3 is 0 Å². The van der Waals surface area contributed by atoms with E-state index < -0.39 is 0 Å². The largest absolute Gasteiger partial charge is 0.288 e. The lowest BCUT2D eigenvalue weighted by Gasteiger charge is -2.07. The minimum Gasteiger partial charge on any atom is -0.288 e. The maximum absolute atomic E-state index is 12.4. The van der Waals surface area contributed by atoms with E-state index in [1.807, 2.05) is 24.3 Å². The third kappa shape index (κ3) is 3.17. The van der Waals surface area contributed by atoms with Crippen LogP contribution in [0.4, 0.5) is 0 Å². The molecule has 0 fully saturated rings. The van der Waals surface area contributed by atoms with E-state index in [1.165, 1.54) is 5.56 Å². The maximum atomic E-state index is 12.4. The highest BCUT2D eigenvalue weighted by atomic mass is 35.5. The predicted octanol–water partition coefficient (Wildman–Crippen LogP) is 5.18. The molecular weight excluding hydrogens is 279 g/mol. The summed E-state index contributed by atoms with van der Waals surface area (Å²) >= 11 is 12.1. The summed E-state index contributed by atoms with van der Waals surface area (Å²) in [5, 5.41) is 0.769. The molecule has 0 bridgehead atoms. The Hall–Kier alpha value is -1.31. The minimum absolute atomic E-state index is 0.140. The van der Waals surface area contributed by atoms with Crippen molar-refractivity contribution in [2.45, 2.75) is 19.8 Å². The van der Waals surface area contributed by atoms with Crippen molar-refractivity contribution in [2.24, 2.45) is 0 Å². The summed E-state index contributed by atoms with van der Waals surface area (Å²) in [5.74, 6) is -0.140. The van der Waals surface area contributed by atoms with Gasteiger partial charge in [0.2, 0.25) is 0 Å². The molecule has 19 heavy (non-hydrogen) atoms. The van der Waals surface area contributed by atoms with Gasteiger partial charge in [0.25, 0.3) is 0 Å². The minimum atomic E-state index is -0.140. The van der Waals surface area contributed by atoms with Crippen LogP contribution in [-0.4, -0.2) is 5.78 Å². The van der Waals surface area contributed by atoms with Gasteiger partial charge in [0.05, 0.1) is 15.6 Å². The van der Waals surface area contributed by atoms with Gasteiger partial charge in [-0.15, -0.1) is 0 Å². The van der Waals surface area contributed by atoms with Crippen molar-refractivity contribution < 1.29 is 4.79 Å². The monoisotopic (exact) mass is 292 g/mol. The van der Waals surface area contributed by atoms with E-state index in [1.54, 1.807) is 18.2 Å². The first kappa shape index (κ1) is 14.1. The molecule has 0 saturated carbocycles. The zero-order valence-electron chi connectivity index (χ0n) is 10.6. The second-order valence-electron chi connectivity index (χ2n) is 4.37. The van der Waals surface area contributed by atoms with Crippen molar-refractivity contribution in [3.63, 3.8) is 0 Å². The molecule has 0 N–H and O–H groups in total. The van der Waals surface area contributed by atoms with Crippen LogP contribution in [0.3, 0.4) is 0 Å². The van der Waals surface area contributed by atoms with Crippen LogP contribution in [0.15, 0.2) is 42.5 Å². The van der Waals surface area contributed by atoms with Gasteiger partial charge in [-0.05, 0) is 24.1 Å². The number of ketones is 1. The van der Waals surface area contributed by atoms with Crippen LogP contribution in [0.5, 0.6) is 0 Å². The van der Waals surface area contributed by atoms with Gasteiger partial charge in [0.1, 0.15) is 0 Å². The SMILES string of the molecule is CCCc1ccc(C(=O)c2c(Cl)cccc2Cl)cc1. The van der Waals surface area contributed by atoms with Crippen molar-refractivity contribution in [3.8, 4) is 0 Å². The second-order valence-corrected chi connectivity index (χ2v) is 5.19. The number of carbonyl (C=O) groups is 1. The molecular formula is C16H14Cl2O. The fourth-order valence-corrected chi connectivity index (χ4v) is 2.54. The molecule has 0 aliphatic heterocycles. The van der Waals surface area contributed by atoms with Crippen molar-refractivity contribution in [2.75, 3.05) is 0 Å². The smallest absolute Gasteiger partial charge is 0.196 e. The molecule has 0 saturated heterocycles. The molecule has 98 valence electrons. The van der Waals surface area contributed by atoms with E-state index in [4.69, 9.17) is 23.2 Å². The Morgan fingerprint density at radius 2 is 1.58 bits per heavy atom. The summed E-state index contributed by atoms with van der Waals surface area (Å²) < 4.78 is 0. The van der Waals surface area contributed by atoms with E-state index >= 15 is 0 Å². The molecule has 0 spiro atoms. The van der Waals surface area contributed by atoms with Crippen molar-refractivity contribution in [1.82, 2.24) is 0 Å². The molecule has 0 aliphatic carbocycles. The molecule has 0 unspecified atom stereocenters. The van der Waals surface area contributed by atoms with E-state index in [-0.39, 0.29) is 5.78 Å². The summed E-state index contributed by atoms with van der Waals surface area (Å²) in [5.41, 5.74) is 2.20. The molecule has 0 radical (unpaired) electrons. The summed E-state index contributed by atoms with van der Waals surface area (Å²) in [6.45, 7) is 2.13. The molecule has 3 heteroatoms. The van der Waals surface area contributed by atoms with Gasteiger partial charge in [-0.25, -0.2) is 0 Å². The number of hydrogen-bond donors (Lipinski definition) is 0. The summed E-state index contributed by atoms with van der Waals surface area (Å²) in [4.78, 5) is 12.4. The zero-order valence-corrected chi connectivity index (χ0v) is 12.1. The van der Waals surface area contributed by atoms with Gasteiger partial charge in [0.15, 0.2) is 5.78 Å². The summed E-state index contributed by atoms with van der Waals surface area (Å²) in [6, 6.07) is 12.7. The highest BCUT2D eigenvalue weighted by Crippen LogP contribution is 2.27. The van der Waals surface area contributed by atoms with Crippen molar-refractivity contribution in [1.29, 1.82) is 0 Å². The lowest BCUT2D eigenvalue weighted by Crippen LogP contribution is -2.03. The van der Waals surface area contributed by atoms with Crippen LogP contribution in [0.1, 0.15) is 34.8 Å². The van der Waals surface area contributed by atoms with Gasteiger partial charge in [-0.3, -0.25) is 4.79 Å². The van der Waals surface area contributed by atoms with E-state index in [0.29, 0.717) is 21.2 Å². The number of hydrogen-bond acceptors (Lipinski definition) is 1. The highest BCUT2D eigenvalue weighted by molar-refractivity contribution is 6.41. The standard InChI is InChI=1S/C16H14Cl2O/c1-2-4-11-7-9-12(10-8-11)16(19)15-13(17)5-3-6-14(15)18/h3,5-10H,2,4H2,1H3. The third-order valence-corrected chi connectivity index (χ3v) is 3.57. The Bertz CT molecular complexity index is 568. The molecule has 2 aromatic carbocycles. The lowest BCUT2D eigenvalue weighted by atomic mass is 10.0. The van der Waals surface area contributed by atoms with Crippen LogP contribution in [-0.2, 0) is 6.42 Å². The normalized spacial score (nSPS) is 10.5. The molecule has 0 aromatic heterocycles. The zero-order chi connectivity index (χ0) is 13.8. The molecule has 2 rings (SSSR count). The Kier molecular flexibility index (Phi) is 4.62. The Morgan fingerprint density at radius 3 is 2.11 bits per heavy atom. The van der Waals surface area contributed by atoms with Crippen molar-refractivity contribution in [3.05, 3.63) is 69.2 Å². The Labute approximate surface area is 123 Å². The first-order chi connectivity index (χ1) is 9.13. The molecule has 0 amide bonds. The first-order valence-corrected chi connectivity index (χ1v) is 6.96. The average molecular weight is 293 g/mol. The number of benzene rings is 2. The summed E-state index contributed by atoms with van der Waals surface area (Å²) in [7, 11) is 0. The topological polar surface area (TPSA) is 17.1 Å². The lowest BCUT2D eigenvalue weighted by molar-refractivity contribution is 0.103. The van der Waals surface area contributed by atoms with Crippen LogP contribution in [0.25, 0.3) is 0 Å². The van der Waals surface area contributed by atoms with Crippen LogP contribution in [0.2, 0.25) is 10.0 Å². The molecule has 1 nitrogen and oxygen atoms in total. The molecule has 0 aliphatic rings. The molecule has 0 heterocycles. The number of rotatable bonds is 4. The fourth-order valence-electron chi connectivity index (χ4n) is 1.97. The van der Waals surface area contributed by atoms with Gasteiger partial charge in [-0.2, -0.15) is 0 Å². The summed E-state index contributed by atoms with van der Waals surface area (Å²) in [6.07, 6.45) is 2.10. The maximum Gasteiger partial charge on any atom is 0.196 e. The van der Waals surface area contributed by atoms with Gasteiger partial charge in [0, 0.05) is 5.56 Å². The average Bonchev–Trinajstić information content (AvgIpc) is 2.39. The number of aryl methyl sites for hydroxylation is 1. The number of halogens is 2. The van der Waals surface area contributed by atoms with Crippen LogP contribution >= 0.6 is 23.2 Å². The van der Waals surface area contributed by atoms with E-state index in [9.17, 15) is 4.79 Å². The molecule has 0 atom stereocenters. The van der Waals surface area contributed by atoms with Gasteiger partial charge in [-0.1, -0.05) is 66.9 Å². The quantitative estimate of drug-likeness (QED) is 0.710. The predicted molar refractivity (Wildman–Crippen MR) is 80.3 cm³/mol. The third-order valence-electron chi connectivity index (χ3n) is 2.94. The van der Waals surface area contributed by atoms with E-state index in [0.717, 1.165) is 12.8 Å². The highest BCUT2D eigenvalue weighted by Gasteiger charge is 2.16. The van der Waals surface area contributed by atoms with Gasteiger partial charge >= 0.3 is 0 Å². The van der Waals surface area contributed by atoms with Crippen LogP contribution in [0, 0.1) is 0 Å². The fraction of sp³-hybridized carbons (Fsp3) is 0.188. The van der Waals surface area contributed by atoms with Crippen molar-refractivity contribution >= 4 is 29.0 Å². The van der Waals surface area contributed by atoms with Crippen LogP contribution < -0.4 is 0 Å². The second kappa shape index (κ2) is 6.23. The molecule has 2 aromatic rings. The number of carbonyl (C=O) groups excluding carboxylic acids is 1. The first-order valence-electron chi connectivity index (χ1n) is 6.21.